The molecule has 0 saturated heterocycles. The highest BCUT2D eigenvalue weighted by Crippen LogP contribution is 2.19. The summed E-state index contributed by atoms with van der Waals surface area (Å²) in [5.74, 6) is -0.380. The van der Waals surface area contributed by atoms with E-state index in [2.05, 4.69) is 28.1 Å². The number of thiocarbonyl (C=S) groups is 1. The van der Waals surface area contributed by atoms with Crippen LogP contribution in [0.2, 0.25) is 0 Å². The van der Waals surface area contributed by atoms with Gasteiger partial charge in [-0.2, -0.15) is 5.10 Å². The quantitative estimate of drug-likeness (QED) is 0.374. The Balaban J connectivity index is 2.19. The number of amides is 1. The maximum Gasteiger partial charge on any atom is 0.257 e. The minimum absolute atomic E-state index is 0.00585. The molecule has 1 aromatic carbocycles. The summed E-state index contributed by atoms with van der Waals surface area (Å²) in [6, 6.07) is 9.15. The van der Waals surface area contributed by atoms with E-state index in [0.29, 0.717) is 12.1 Å². The van der Waals surface area contributed by atoms with Crippen molar-refractivity contribution in [2.45, 2.75) is 19.4 Å². The van der Waals surface area contributed by atoms with E-state index in [4.69, 9.17) is 5.73 Å². The van der Waals surface area contributed by atoms with Crippen LogP contribution in [0.4, 0.5) is 0 Å². The fourth-order valence-electron chi connectivity index (χ4n) is 2.13. The van der Waals surface area contributed by atoms with Crippen molar-refractivity contribution in [1.82, 2.24) is 10.7 Å². The molecule has 0 bridgehead atoms. The molecule has 1 aliphatic heterocycles. The number of hydrogen-bond donors (Lipinski definition) is 4. The Labute approximate surface area is 127 Å². The molecule has 1 aromatic rings. The van der Waals surface area contributed by atoms with Crippen LogP contribution in [0.5, 0.6) is 0 Å². The smallest absolute Gasteiger partial charge is 0.257 e. The molecule has 0 saturated carbocycles. The lowest BCUT2D eigenvalue weighted by Gasteiger charge is -2.10. The van der Waals surface area contributed by atoms with Gasteiger partial charge in [0.15, 0.2) is 5.11 Å². The van der Waals surface area contributed by atoms with E-state index in [9.17, 15) is 9.90 Å². The first-order valence-corrected chi connectivity index (χ1v) is 6.78. The van der Waals surface area contributed by atoms with Crippen LogP contribution in [0.1, 0.15) is 12.5 Å². The van der Waals surface area contributed by atoms with Crippen LogP contribution in [-0.4, -0.2) is 27.9 Å². The zero-order valence-electron chi connectivity index (χ0n) is 11.5. The number of aliphatic hydroxyl groups excluding tert-OH is 1. The van der Waals surface area contributed by atoms with E-state index in [1.54, 1.807) is 6.92 Å². The predicted octanol–water partition coefficient (Wildman–Crippen LogP) is 0.749. The van der Waals surface area contributed by atoms with Gasteiger partial charge in [-0.05, 0) is 31.1 Å². The number of nitrogens with one attached hydrogen (secondary N) is 2. The van der Waals surface area contributed by atoms with Gasteiger partial charge in [0.1, 0.15) is 11.3 Å². The predicted molar refractivity (Wildman–Crippen MR) is 84.8 cm³/mol. The van der Waals surface area contributed by atoms with Gasteiger partial charge in [-0.15, -0.1) is 0 Å². The molecule has 0 spiro atoms. The molecule has 6 nitrogen and oxygen atoms in total. The third kappa shape index (κ3) is 3.57. The van der Waals surface area contributed by atoms with Crippen molar-refractivity contribution in [2.75, 3.05) is 0 Å². The number of aliphatic hydroxyl groups is 1. The number of hydrazone groups is 1. The SMILES string of the molecule is CC(=NNC(N)=S)C1=C(O)C(Cc2ccccc2)NC1=O. The van der Waals surface area contributed by atoms with Crippen LogP contribution in [0.3, 0.4) is 0 Å². The Morgan fingerprint density at radius 2 is 2.14 bits per heavy atom. The number of benzene rings is 1. The molecule has 1 unspecified atom stereocenters. The van der Waals surface area contributed by atoms with E-state index in [0.717, 1.165) is 5.56 Å². The van der Waals surface area contributed by atoms with Crippen LogP contribution >= 0.6 is 12.2 Å². The summed E-state index contributed by atoms with van der Waals surface area (Å²) in [6.07, 6.45) is 0.512. The van der Waals surface area contributed by atoms with Crippen molar-refractivity contribution in [2.24, 2.45) is 10.8 Å². The zero-order chi connectivity index (χ0) is 15.4. The third-order valence-corrected chi connectivity index (χ3v) is 3.19. The fraction of sp³-hybridized carbons (Fsp3) is 0.214. The molecule has 1 heterocycles. The first-order chi connectivity index (χ1) is 9.99. The summed E-state index contributed by atoms with van der Waals surface area (Å²) in [4.78, 5) is 12.0. The number of hydrogen-bond acceptors (Lipinski definition) is 4. The highest BCUT2D eigenvalue weighted by Gasteiger charge is 2.33. The average Bonchev–Trinajstić information content (AvgIpc) is 2.72. The van der Waals surface area contributed by atoms with Gasteiger partial charge in [0.2, 0.25) is 0 Å². The number of nitrogens with zero attached hydrogens (tertiary/aromatic N) is 1. The molecular weight excluding hydrogens is 288 g/mol. The molecular formula is C14H16N4O2S. The molecule has 110 valence electrons. The Morgan fingerprint density at radius 3 is 2.76 bits per heavy atom. The summed E-state index contributed by atoms with van der Waals surface area (Å²) < 4.78 is 0. The lowest BCUT2D eigenvalue weighted by molar-refractivity contribution is -0.116. The van der Waals surface area contributed by atoms with Crippen molar-refractivity contribution >= 4 is 28.9 Å². The topological polar surface area (TPSA) is 99.7 Å². The van der Waals surface area contributed by atoms with Gasteiger partial charge in [0.05, 0.1) is 11.8 Å². The molecule has 21 heavy (non-hydrogen) atoms. The molecule has 5 N–H and O–H groups in total. The molecule has 1 aliphatic rings. The lowest BCUT2D eigenvalue weighted by Crippen LogP contribution is -2.31. The second-order valence-electron chi connectivity index (χ2n) is 4.65. The van der Waals surface area contributed by atoms with Gasteiger partial charge in [0.25, 0.3) is 5.91 Å². The van der Waals surface area contributed by atoms with Crippen LogP contribution < -0.4 is 16.5 Å². The fourth-order valence-corrected chi connectivity index (χ4v) is 2.18. The van der Waals surface area contributed by atoms with Crippen LogP contribution in [-0.2, 0) is 11.2 Å². The lowest BCUT2D eigenvalue weighted by atomic mass is 10.0. The van der Waals surface area contributed by atoms with Crippen molar-refractivity contribution in [3.63, 3.8) is 0 Å². The Hall–Kier alpha value is -2.41. The van der Waals surface area contributed by atoms with Crippen LogP contribution in [0, 0.1) is 0 Å². The molecule has 1 atom stereocenters. The second-order valence-corrected chi connectivity index (χ2v) is 5.09. The number of rotatable bonds is 4. The van der Waals surface area contributed by atoms with E-state index >= 15 is 0 Å². The van der Waals surface area contributed by atoms with E-state index < -0.39 is 6.04 Å². The number of carbonyl (C=O) groups excluding carboxylic acids is 1. The maximum absolute atomic E-state index is 12.0. The van der Waals surface area contributed by atoms with Crippen molar-refractivity contribution in [1.29, 1.82) is 0 Å². The largest absolute Gasteiger partial charge is 0.509 e. The normalized spacial score (nSPS) is 18.6. The van der Waals surface area contributed by atoms with Gasteiger partial charge in [-0.25, -0.2) is 0 Å². The number of nitrogens with two attached hydrogens (primary N) is 1. The van der Waals surface area contributed by atoms with Gasteiger partial charge >= 0.3 is 0 Å². The van der Waals surface area contributed by atoms with Gasteiger partial charge < -0.3 is 16.2 Å². The standard InChI is InChI=1S/C14H16N4O2S/c1-8(17-18-14(15)21)11-12(19)10(16-13(11)20)7-9-5-3-2-4-6-9/h2-6,10,19H,7H2,1H3,(H,16,20)(H3,15,18,21). The average molecular weight is 304 g/mol. The third-order valence-electron chi connectivity index (χ3n) is 3.10. The van der Waals surface area contributed by atoms with Crippen LogP contribution in [0.25, 0.3) is 0 Å². The monoisotopic (exact) mass is 304 g/mol. The van der Waals surface area contributed by atoms with Crippen molar-refractivity contribution < 1.29 is 9.90 Å². The molecule has 2 rings (SSSR count). The summed E-state index contributed by atoms with van der Waals surface area (Å²) in [5.41, 5.74) is 9.17. The van der Waals surface area contributed by atoms with Crippen molar-refractivity contribution in [3.8, 4) is 0 Å². The van der Waals surface area contributed by atoms with Gasteiger partial charge in [-0.3, -0.25) is 10.2 Å². The molecule has 0 aliphatic carbocycles. The molecule has 0 radical (unpaired) electrons. The maximum atomic E-state index is 12.0. The highest BCUT2D eigenvalue weighted by molar-refractivity contribution is 7.80. The molecule has 1 amide bonds. The number of carbonyl (C=O) groups is 1. The summed E-state index contributed by atoms with van der Waals surface area (Å²) in [6.45, 7) is 1.60. The van der Waals surface area contributed by atoms with Crippen LogP contribution in [0.15, 0.2) is 46.8 Å². The second kappa shape index (κ2) is 6.36. The highest BCUT2D eigenvalue weighted by atomic mass is 32.1. The van der Waals surface area contributed by atoms with Gasteiger partial charge in [0, 0.05) is 0 Å². The summed E-state index contributed by atoms with van der Waals surface area (Å²) >= 11 is 4.64. The van der Waals surface area contributed by atoms with E-state index in [-0.39, 0.29) is 22.4 Å². The minimum atomic E-state index is -0.454. The minimum Gasteiger partial charge on any atom is -0.509 e. The Kier molecular flexibility index (Phi) is 4.54. The first kappa shape index (κ1) is 15.0. The molecule has 0 fully saturated rings. The zero-order valence-corrected chi connectivity index (χ0v) is 12.3. The Bertz CT molecular complexity index is 625. The Morgan fingerprint density at radius 1 is 1.48 bits per heavy atom. The molecule has 0 aromatic heterocycles. The first-order valence-electron chi connectivity index (χ1n) is 6.37. The summed E-state index contributed by atoms with van der Waals surface area (Å²) in [7, 11) is 0. The van der Waals surface area contributed by atoms with Gasteiger partial charge in [-0.1, -0.05) is 30.3 Å². The van der Waals surface area contributed by atoms with Crippen molar-refractivity contribution in [3.05, 3.63) is 47.2 Å². The summed E-state index contributed by atoms with van der Waals surface area (Å²) in [5, 5.41) is 16.8. The molecule has 7 heteroatoms. The van der Waals surface area contributed by atoms with E-state index in [1.165, 1.54) is 0 Å². The van der Waals surface area contributed by atoms with E-state index in [1.807, 2.05) is 30.3 Å².